The summed E-state index contributed by atoms with van der Waals surface area (Å²) in [5.41, 5.74) is 7.19. The maximum atomic E-state index is 5.96. The largest absolute Gasteiger partial charge is 0.354 e. The quantitative estimate of drug-likeness (QED) is 0.807. The Balaban J connectivity index is 2.74. The molecule has 1 aromatic heterocycles. The van der Waals surface area contributed by atoms with Gasteiger partial charge in [0.1, 0.15) is 5.82 Å². The Hall–Kier alpha value is -1.09. The van der Waals surface area contributed by atoms with Gasteiger partial charge in [-0.05, 0) is 44.7 Å². The van der Waals surface area contributed by atoms with E-state index < -0.39 is 0 Å². The Bertz CT molecular complexity index is 332. The van der Waals surface area contributed by atoms with Crippen molar-refractivity contribution in [1.82, 2.24) is 4.98 Å². The molecule has 0 saturated heterocycles. The topological polar surface area (TPSA) is 42.1 Å². The predicted octanol–water partition coefficient (Wildman–Crippen LogP) is 2.99. The van der Waals surface area contributed by atoms with E-state index in [1.54, 1.807) is 0 Å². The second kappa shape index (κ2) is 7.37. The fourth-order valence-electron chi connectivity index (χ4n) is 2.03. The van der Waals surface area contributed by atoms with Crippen LogP contribution in [-0.2, 0) is 6.42 Å². The van der Waals surface area contributed by atoms with Crippen LogP contribution in [0.5, 0.6) is 0 Å². The third-order valence-corrected chi connectivity index (χ3v) is 3.21. The lowest BCUT2D eigenvalue weighted by Gasteiger charge is -2.27. The molecule has 0 fully saturated rings. The SMILES string of the molecule is CCCN(c1ccc(CC(N)CC)cn1)C(C)C. The molecule has 1 aromatic rings. The summed E-state index contributed by atoms with van der Waals surface area (Å²) in [6.07, 6.45) is 5.03. The molecule has 3 heteroatoms. The smallest absolute Gasteiger partial charge is 0.128 e. The average molecular weight is 249 g/mol. The van der Waals surface area contributed by atoms with Crippen LogP contribution in [0.4, 0.5) is 5.82 Å². The molecule has 18 heavy (non-hydrogen) atoms. The van der Waals surface area contributed by atoms with Gasteiger partial charge in [0.15, 0.2) is 0 Å². The molecular formula is C15H27N3. The predicted molar refractivity (Wildman–Crippen MR) is 79.0 cm³/mol. The lowest BCUT2D eigenvalue weighted by molar-refractivity contribution is 0.642. The van der Waals surface area contributed by atoms with Crippen LogP contribution in [0.2, 0.25) is 0 Å². The van der Waals surface area contributed by atoms with Gasteiger partial charge in [0, 0.05) is 24.8 Å². The molecule has 102 valence electrons. The minimum absolute atomic E-state index is 0.245. The third kappa shape index (κ3) is 4.30. The van der Waals surface area contributed by atoms with E-state index in [4.69, 9.17) is 5.73 Å². The molecule has 1 atom stereocenters. The molecule has 3 nitrogen and oxygen atoms in total. The fraction of sp³-hybridized carbons (Fsp3) is 0.667. The van der Waals surface area contributed by atoms with Crippen LogP contribution in [0.1, 0.15) is 46.1 Å². The van der Waals surface area contributed by atoms with Crippen LogP contribution >= 0.6 is 0 Å². The second-order valence-electron chi connectivity index (χ2n) is 5.18. The summed E-state index contributed by atoms with van der Waals surface area (Å²) in [6.45, 7) is 9.78. The van der Waals surface area contributed by atoms with Crippen molar-refractivity contribution in [3.63, 3.8) is 0 Å². The van der Waals surface area contributed by atoms with Gasteiger partial charge in [-0.3, -0.25) is 0 Å². The van der Waals surface area contributed by atoms with Gasteiger partial charge in [-0.15, -0.1) is 0 Å². The minimum Gasteiger partial charge on any atom is -0.354 e. The van der Waals surface area contributed by atoms with E-state index in [1.807, 2.05) is 6.20 Å². The molecular weight excluding hydrogens is 222 g/mol. The highest BCUT2D eigenvalue weighted by Crippen LogP contribution is 2.15. The van der Waals surface area contributed by atoms with Crippen LogP contribution in [0, 0.1) is 0 Å². The first-order valence-electron chi connectivity index (χ1n) is 7.05. The highest BCUT2D eigenvalue weighted by Gasteiger charge is 2.10. The number of rotatable bonds is 7. The number of hydrogen-bond acceptors (Lipinski definition) is 3. The van der Waals surface area contributed by atoms with Crippen molar-refractivity contribution < 1.29 is 0 Å². The van der Waals surface area contributed by atoms with Gasteiger partial charge in [-0.25, -0.2) is 4.98 Å². The fourth-order valence-corrected chi connectivity index (χ4v) is 2.03. The Morgan fingerprint density at radius 1 is 1.28 bits per heavy atom. The zero-order valence-corrected chi connectivity index (χ0v) is 12.2. The summed E-state index contributed by atoms with van der Waals surface area (Å²) in [5.74, 6) is 1.07. The Morgan fingerprint density at radius 3 is 2.44 bits per heavy atom. The van der Waals surface area contributed by atoms with E-state index in [2.05, 4.69) is 49.7 Å². The standard InChI is InChI=1S/C15H27N3/c1-5-9-18(12(3)4)15-8-7-13(11-17-15)10-14(16)6-2/h7-8,11-12,14H,5-6,9-10,16H2,1-4H3. The number of hydrogen-bond donors (Lipinski definition) is 1. The Morgan fingerprint density at radius 2 is 2.00 bits per heavy atom. The monoisotopic (exact) mass is 249 g/mol. The first kappa shape index (κ1) is 15.0. The van der Waals surface area contributed by atoms with Crippen LogP contribution in [0.15, 0.2) is 18.3 Å². The van der Waals surface area contributed by atoms with Gasteiger partial charge >= 0.3 is 0 Å². The third-order valence-electron chi connectivity index (χ3n) is 3.21. The van der Waals surface area contributed by atoms with Crippen LogP contribution in [-0.4, -0.2) is 23.6 Å². The molecule has 0 radical (unpaired) electrons. The molecule has 0 aliphatic heterocycles. The Kier molecular flexibility index (Phi) is 6.13. The average Bonchev–Trinajstić information content (AvgIpc) is 2.36. The van der Waals surface area contributed by atoms with Crippen LogP contribution in [0.25, 0.3) is 0 Å². The minimum atomic E-state index is 0.245. The molecule has 0 aliphatic carbocycles. The van der Waals surface area contributed by atoms with Crippen molar-refractivity contribution in [3.05, 3.63) is 23.9 Å². The van der Waals surface area contributed by atoms with E-state index in [0.29, 0.717) is 6.04 Å². The van der Waals surface area contributed by atoms with Crippen molar-refractivity contribution in [3.8, 4) is 0 Å². The molecule has 1 unspecified atom stereocenters. The van der Waals surface area contributed by atoms with E-state index in [-0.39, 0.29) is 6.04 Å². The lowest BCUT2D eigenvalue weighted by Crippen LogP contribution is -2.32. The second-order valence-corrected chi connectivity index (χ2v) is 5.18. The summed E-state index contributed by atoms with van der Waals surface area (Å²) >= 11 is 0. The van der Waals surface area contributed by atoms with Crippen LogP contribution < -0.4 is 10.6 Å². The molecule has 1 rings (SSSR count). The molecule has 0 spiro atoms. The van der Waals surface area contributed by atoms with Gasteiger partial charge in [0.05, 0.1) is 0 Å². The normalized spacial score (nSPS) is 12.8. The molecule has 0 bridgehead atoms. The van der Waals surface area contributed by atoms with Crippen molar-refractivity contribution >= 4 is 5.82 Å². The summed E-state index contributed by atoms with van der Waals surface area (Å²) in [5, 5.41) is 0. The van der Waals surface area contributed by atoms with Gasteiger partial charge in [-0.2, -0.15) is 0 Å². The van der Waals surface area contributed by atoms with Crippen molar-refractivity contribution in [2.24, 2.45) is 5.73 Å². The molecule has 0 amide bonds. The van der Waals surface area contributed by atoms with E-state index >= 15 is 0 Å². The van der Waals surface area contributed by atoms with Gasteiger partial charge < -0.3 is 10.6 Å². The highest BCUT2D eigenvalue weighted by molar-refractivity contribution is 5.40. The van der Waals surface area contributed by atoms with E-state index in [1.165, 1.54) is 5.56 Å². The van der Waals surface area contributed by atoms with Crippen molar-refractivity contribution in [2.45, 2.75) is 59.0 Å². The zero-order chi connectivity index (χ0) is 13.5. The summed E-state index contributed by atoms with van der Waals surface area (Å²) in [6, 6.07) is 5.01. The number of nitrogens with two attached hydrogens (primary N) is 1. The van der Waals surface area contributed by atoms with Gasteiger partial charge in [0.2, 0.25) is 0 Å². The molecule has 0 aromatic carbocycles. The number of nitrogens with zero attached hydrogens (tertiary/aromatic N) is 2. The number of pyridine rings is 1. The van der Waals surface area contributed by atoms with E-state index in [9.17, 15) is 0 Å². The molecule has 0 saturated carbocycles. The molecule has 0 aliphatic rings. The first-order chi connectivity index (χ1) is 8.58. The highest BCUT2D eigenvalue weighted by atomic mass is 15.2. The zero-order valence-electron chi connectivity index (χ0n) is 12.2. The van der Waals surface area contributed by atoms with Crippen molar-refractivity contribution in [1.29, 1.82) is 0 Å². The molecule has 1 heterocycles. The Labute approximate surface area is 111 Å². The molecule has 2 N–H and O–H groups in total. The summed E-state index contributed by atoms with van der Waals surface area (Å²) in [7, 11) is 0. The summed E-state index contributed by atoms with van der Waals surface area (Å²) < 4.78 is 0. The van der Waals surface area contributed by atoms with Crippen molar-refractivity contribution in [2.75, 3.05) is 11.4 Å². The maximum absolute atomic E-state index is 5.96. The summed E-state index contributed by atoms with van der Waals surface area (Å²) in [4.78, 5) is 6.91. The first-order valence-corrected chi connectivity index (χ1v) is 7.05. The van der Waals surface area contributed by atoms with Gasteiger partial charge in [-0.1, -0.05) is 19.9 Å². The van der Waals surface area contributed by atoms with Gasteiger partial charge in [0.25, 0.3) is 0 Å². The number of anilines is 1. The number of aromatic nitrogens is 1. The van der Waals surface area contributed by atoms with Crippen LogP contribution in [0.3, 0.4) is 0 Å². The maximum Gasteiger partial charge on any atom is 0.128 e. The van der Waals surface area contributed by atoms with E-state index in [0.717, 1.165) is 31.6 Å². The lowest BCUT2D eigenvalue weighted by atomic mass is 10.1.